The monoisotopic (exact) mass is 309 g/mol. The Morgan fingerprint density at radius 3 is 2.91 bits per heavy atom. The predicted octanol–water partition coefficient (Wildman–Crippen LogP) is 2.58. The molecule has 1 saturated heterocycles. The number of rotatable bonds is 3. The second kappa shape index (κ2) is 6.27. The average molecular weight is 309 g/mol. The van der Waals surface area contributed by atoms with Crippen molar-refractivity contribution < 1.29 is 9.84 Å². The third-order valence-electron chi connectivity index (χ3n) is 4.24. The van der Waals surface area contributed by atoms with Gasteiger partial charge in [-0.2, -0.15) is 5.26 Å². The van der Waals surface area contributed by atoms with Gasteiger partial charge in [0.05, 0.1) is 19.3 Å². The zero-order chi connectivity index (χ0) is 16.4. The molecule has 118 valence electrons. The van der Waals surface area contributed by atoms with Gasteiger partial charge in [-0.1, -0.05) is 18.2 Å². The number of hydrogen-bond acceptors (Lipinski definition) is 5. The van der Waals surface area contributed by atoms with Crippen LogP contribution >= 0.6 is 0 Å². The topological polar surface area (TPSA) is 69.4 Å². The zero-order valence-corrected chi connectivity index (χ0v) is 13.2. The first-order valence-corrected chi connectivity index (χ1v) is 7.58. The number of β-amino-alcohol motifs (C(OH)–C–C–N with tert-alkyl or cyclic N) is 1. The normalized spacial score (nSPS) is 20.3. The summed E-state index contributed by atoms with van der Waals surface area (Å²) >= 11 is 0. The number of aryl methyl sites for hydroxylation is 1. The van der Waals surface area contributed by atoms with Crippen LogP contribution in [0.2, 0.25) is 0 Å². The van der Waals surface area contributed by atoms with Crippen molar-refractivity contribution >= 4 is 5.82 Å². The summed E-state index contributed by atoms with van der Waals surface area (Å²) in [7, 11) is 1.64. The second-order valence-corrected chi connectivity index (χ2v) is 5.78. The Bertz CT molecular complexity index is 754. The Kier molecular flexibility index (Phi) is 4.18. The van der Waals surface area contributed by atoms with E-state index in [1.807, 2.05) is 43.3 Å². The van der Waals surface area contributed by atoms with Gasteiger partial charge >= 0.3 is 0 Å². The summed E-state index contributed by atoms with van der Waals surface area (Å²) in [6.45, 7) is 2.37. The highest BCUT2D eigenvalue weighted by Gasteiger charge is 2.33. The molecule has 1 aliphatic rings. The lowest BCUT2D eigenvalue weighted by Gasteiger charge is -2.26. The number of methoxy groups -OCH3 is 1. The van der Waals surface area contributed by atoms with Crippen LogP contribution in [0.3, 0.4) is 0 Å². The fourth-order valence-corrected chi connectivity index (χ4v) is 3.02. The van der Waals surface area contributed by atoms with Crippen LogP contribution < -0.4 is 9.64 Å². The van der Waals surface area contributed by atoms with E-state index in [4.69, 9.17) is 4.74 Å². The van der Waals surface area contributed by atoms with Gasteiger partial charge < -0.3 is 14.7 Å². The van der Waals surface area contributed by atoms with Crippen molar-refractivity contribution in [3.63, 3.8) is 0 Å². The molecular weight excluding hydrogens is 290 g/mol. The quantitative estimate of drug-likeness (QED) is 0.943. The number of benzene rings is 1. The maximum Gasteiger partial charge on any atom is 0.145 e. The maximum atomic E-state index is 10.1. The third kappa shape index (κ3) is 2.99. The summed E-state index contributed by atoms with van der Waals surface area (Å²) in [6, 6.07) is 13.8. The molecule has 1 aliphatic heterocycles. The molecule has 1 N–H and O–H groups in total. The molecule has 1 fully saturated rings. The van der Waals surface area contributed by atoms with Gasteiger partial charge in [-0.3, -0.25) is 0 Å². The van der Waals surface area contributed by atoms with E-state index in [0.717, 1.165) is 22.7 Å². The molecular formula is C18H19N3O2. The Labute approximate surface area is 135 Å². The standard InChI is InChI=1S/C18H19N3O2/c1-12-6-7-18(20-16(12)10-19)21-11-14(22)9-17(21)13-4-3-5-15(8-13)23-2/h3-8,14,17,22H,9,11H2,1-2H3/t14-,17+/m1/s1. The second-order valence-electron chi connectivity index (χ2n) is 5.78. The van der Waals surface area contributed by atoms with Gasteiger partial charge in [0.1, 0.15) is 23.3 Å². The van der Waals surface area contributed by atoms with Crippen LogP contribution in [-0.2, 0) is 0 Å². The summed E-state index contributed by atoms with van der Waals surface area (Å²) in [6.07, 6.45) is 0.213. The smallest absolute Gasteiger partial charge is 0.145 e. The van der Waals surface area contributed by atoms with E-state index in [1.165, 1.54) is 0 Å². The van der Waals surface area contributed by atoms with Crippen LogP contribution in [0.1, 0.15) is 29.3 Å². The van der Waals surface area contributed by atoms with Crippen LogP contribution in [0.4, 0.5) is 5.82 Å². The minimum Gasteiger partial charge on any atom is -0.497 e. The third-order valence-corrected chi connectivity index (χ3v) is 4.24. The molecule has 0 spiro atoms. The number of nitriles is 1. The van der Waals surface area contributed by atoms with Crippen molar-refractivity contribution in [2.75, 3.05) is 18.6 Å². The van der Waals surface area contributed by atoms with Crippen molar-refractivity contribution in [1.82, 2.24) is 4.98 Å². The van der Waals surface area contributed by atoms with Crippen molar-refractivity contribution in [2.45, 2.75) is 25.5 Å². The highest BCUT2D eigenvalue weighted by Crippen LogP contribution is 2.36. The molecule has 23 heavy (non-hydrogen) atoms. The number of nitrogens with zero attached hydrogens (tertiary/aromatic N) is 3. The van der Waals surface area contributed by atoms with Crippen LogP contribution in [0, 0.1) is 18.3 Å². The van der Waals surface area contributed by atoms with Crippen molar-refractivity contribution in [1.29, 1.82) is 5.26 Å². The van der Waals surface area contributed by atoms with Gasteiger partial charge in [0.25, 0.3) is 0 Å². The molecule has 0 unspecified atom stereocenters. The maximum absolute atomic E-state index is 10.1. The lowest BCUT2D eigenvalue weighted by molar-refractivity contribution is 0.194. The molecule has 3 rings (SSSR count). The molecule has 0 amide bonds. The Morgan fingerprint density at radius 1 is 1.35 bits per heavy atom. The summed E-state index contributed by atoms with van der Waals surface area (Å²) < 4.78 is 5.29. The average Bonchev–Trinajstić information content (AvgIpc) is 2.97. The van der Waals surface area contributed by atoms with E-state index >= 15 is 0 Å². The van der Waals surface area contributed by atoms with Gasteiger partial charge in [0.15, 0.2) is 0 Å². The van der Waals surface area contributed by atoms with E-state index in [1.54, 1.807) is 7.11 Å². The molecule has 0 bridgehead atoms. The fraction of sp³-hybridized carbons (Fsp3) is 0.333. The number of hydrogen-bond donors (Lipinski definition) is 1. The van der Waals surface area contributed by atoms with E-state index in [0.29, 0.717) is 18.7 Å². The first-order chi connectivity index (χ1) is 11.1. The summed E-state index contributed by atoms with van der Waals surface area (Å²) in [5.41, 5.74) is 2.35. The first-order valence-electron chi connectivity index (χ1n) is 7.58. The van der Waals surface area contributed by atoms with Gasteiger partial charge in [0.2, 0.25) is 0 Å². The number of ether oxygens (including phenoxy) is 1. The Morgan fingerprint density at radius 2 is 2.17 bits per heavy atom. The molecule has 1 aromatic carbocycles. The lowest BCUT2D eigenvalue weighted by atomic mass is 10.0. The predicted molar refractivity (Wildman–Crippen MR) is 87.4 cm³/mol. The van der Waals surface area contributed by atoms with Crippen LogP contribution in [-0.4, -0.2) is 29.8 Å². The lowest BCUT2D eigenvalue weighted by Crippen LogP contribution is -2.25. The highest BCUT2D eigenvalue weighted by atomic mass is 16.5. The van der Waals surface area contributed by atoms with E-state index in [2.05, 4.69) is 16.0 Å². The number of aromatic nitrogens is 1. The molecule has 0 aliphatic carbocycles. The largest absolute Gasteiger partial charge is 0.497 e. The van der Waals surface area contributed by atoms with Gasteiger partial charge in [0, 0.05) is 6.54 Å². The molecule has 0 saturated carbocycles. The molecule has 5 heteroatoms. The molecule has 1 aromatic heterocycles. The number of aliphatic hydroxyl groups excluding tert-OH is 1. The number of aliphatic hydroxyl groups is 1. The Hall–Kier alpha value is -2.58. The van der Waals surface area contributed by atoms with Crippen LogP contribution in [0.5, 0.6) is 5.75 Å². The van der Waals surface area contributed by atoms with Crippen molar-refractivity contribution in [3.05, 3.63) is 53.2 Å². The highest BCUT2D eigenvalue weighted by molar-refractivity contribution is 5.49. The fourth-order valence-electron chi connectivity index (χ4n) is 3.02. The van der Waals surface area contributed by atoms with E-state index in [-0.39, 0.29) is 6.04 Å². The number of pyridine rings is 1. The minimum absolute atomic E-state index is 0.0156. The molecule has 2 atom stereocenters. The van der Waals surface area contributed by atoms with Gasteiger partial charge in [-0.05, 0) is 42.7 Å². The van der Waals surface area contributed by atoms with Gasteiger partial charge in [-0.25, -0.2) is 4.98 Å². The van der Waals surface area contributed by atoms with Crippen molar-refractivity contribution in [3.8, 4) is 11.8 Å². The summed E-state index contributed by atoms with van der Waals surface area (Å²) in [4.78, 5) is 6.50. The Balaban J connectivity index is 1.98. The van der Waals surface area contributed by atoms with Gasteiger partial charge in [-0.15, -0.1) is 0 Å². The molecule has 5 nitrogen and oxygen atoms in total. The van der Waals surface area contributed by atoms with Crippen molar-refractivity contribution in [2.24, 2.45) is 0 Å². The van der Waals surface area contributed by atoms with E-state index < -0.39 is 6.10 Å². The molecule has 0 radical (unpaired) electrons. The number of anilines is 1. The van der Waals surface area contributed by atoms with Crippen LogP contribution in [0.15, 0.2) is 36.4 Å². The summed E-state index contributed by atoms with van der Waals surface area (Å²) in [5, 5.41) is 19.3. The SMILES string of the molecule is COc1cccc([C@@H]2C[C@@H](O)CN2c2ccc(C)c(C#N)n2)c1. The molecule has 2 heterocycles. The zero-order valence-electron chi connectivity index (χ0n) is 13.2. The van der Waals surface area contributed by atoms with Crippen LogP contribution in [0.25, 0.3) is 0 Å². The first kappa shape index (κ1) is 15.3. The molecule has 2 aromatic rings. The minimum atomic E-state index is -0.417. The van der Waals surface area contributed by atoms with E-state index in [9.17, 15) is 10.4 Å². The summed E-state index contributed by atoms with van der Waals surface area (Å²) in [5.74, 6) is 1.51.